The smallest absolute Gasteiger partial charge is 0.128 e. The summed E-state index contributed by atoms with van der Waals surface area (Å²) in [6, 6.07) is 18.9. The molecule has 3 rings (SSSR count). The van der Waals surface area contributed by atoms with Gasteiger partial charge in [0.2, 0.25) is 0 Å². The molecule has 1 N–H and O–H groups in total. The first-order chi connectivity index (χ1) is 10.3. The van der Waals surface area contributed by atoms with Crippen LogP contribution >= 0.6 is 12.2 Å². The molecule has 0 bridgehead atoms. The Labute approximate surface area is 130 Å². The van der Waals surface area contributed by atoms with Crippen LogP contribution in [0.15, 0.2) is 59.6 Å². The number of benzene rings is 2. The first-order valence-electron chi connectivity index (χ1n) is 7.24. The van der Waals surface area contributed by atoms with E-state index in [0.29, 0.717) is 0 Å². The molecule has 0 radical (unpaired) electrons. The lowest BCUT2D eigenvalue weighted by Gasteiger charge is -2.07. The third kappa shape index (κ3) is 3.76. The van der Waals surface area contributed by atoms with E-state index in [1.54, 1.807) is 0 Å². The summed E-state index contributed by atoms with van der Waals surface area (Å²) in [4.78, 5) is 5.54. The number of hydrogen-bond acceptors (Lipinski definition) is 3. The lowest BCUT2D eigenvalue weighted by Crippen LogP contribution is -2.19. The molecular formula is C18H18N2S. The predicted molar refractivity (Wildman–Crippen MR) is 92.3 cm³/mol. The monoisotopic (exact) mass is 294 g/mol. The zero-order valence-corrected chi connectivity index (χ0v) is 12.7. The van der Waals surface area contributed by atoms with Crippen LogP contribution in [0.25, 0.3) is 0 Å². The van der Waals surface area contributed by atoms with Gasteiger partial charge in [-0.3, -0.25) is 4.99 Å². The molecule has 0 atom stereocenters. The van der Waals surface area contributed by atoms with Crippen LogP contribution < -0.4 is 5.32 Å². The molecule has 0 fully saturated rings. The van der Waals surface area contributed by atoms with E-state index in [1.165, 1.54) is 11.1 Å². The van der Waals surface area contributed by atoms with E-state index in [-0.39, 0.29) is 0 Å². The van der Waals surface area contributed by atoms with Gasteiger partial charge in [-0.15, -0.1) is 0 Å². The standard InChI is InChI=1S/C18H18N2S/c21-17(12-14-5-2-1-3-6-14)13-15-7-4-8-16(11-15)18-19-9-10-20-18/h1-8,11H,9-10,12-13H2,(H,19,20). The quantitative estimate of drug-likeness (QED) is 0.857. The number of thiocarbonyl (C=S) groups is 1. The van der Waals surface area contributed by atoms with E-state index < -0.39 is 0 Å². The second-order valence-electron chi connectivity index (χ2n) is 5.24. The Morgan fingerprint density at radius 2 is 1.76 bits per heavy atom. The minimum Gasteiger partial charge on any atom is -0.368 e. The fourth-order valence-corrected chi connectivity index (χ4v) is 2.87. The van der Waals surface area contributed by atoms with Gasteiger partial charge in [-0.2, -0.15) is 0 Å². The highest BCUT2D eigenvalue weighted by molar-refractivity contribution is 7.80. The van der Waals surface area contributed by atoms with E-state index >= 15 is 0 Å². The molecule has 1 heterocycles. The lowest BCUT2D eigenvalue weighted by molar-refractivity contribution is 0.960. The Bertz CT molecular complexity index is 662. The van der Waals surface area contributed by atoms with Crippen LogP contribution in [0.4, 0.5) is 0 Å². The summed E-state index contributed by atoms with van der Waals surface area (Å²) < 4.78 is 0. The Morgan fingerprint density at radius 1 is 1.00 bits per heavy atom. The summed E-state index contributed by atoms with van der Waals surface area (Å²) in [5, 5.41) is 3.31. The van der Waals surface area contributed by atoms with Crippen molar-refractivity contribution >= 4 is 22.9 Å². The van der Waals surface area contributed by atoms with Gasteiger partial charge in [0, 0.05) is 29.8 Å². The molecule has 0 unspecified atom stereocenters. The molecule has 0 spiro atoms. The normalized spacial score (nSPS) is 13.6. The SMILES string of the molecule is S=C(Cc1ccccc1)Cc1cccc(C2=NCCN2)c1. The summed E-state index contributed by atoms with van der Waals surface area (Å²) in [5.41, 5.74) is 3.69. The molecule has 0 saturated carbocycles. The zero-order valence-electron chi connectivity index (χ0n) is 11.9. The predicted octanol–water partition coefficient (Wildman–Crippen LogP) is 3.19. The molecular weight excluding hydrogens is 276 g/mol. The summed E-state index contributed by atoms with van der Waals surface area (Å²) in [6.07, 6.45) is 1.70. The number of nitrogens with zero attached hydrogens (tertiary/aromatic N) is 1. The highest BCUT2D eigenvalue weighted by atomic mass is 32.1. The van der Waals surface area contributed by atoms with Crippen LogP contribution in [0.3, 0.4) is 0 Å². The van der Waals surface area contributed by atoms with Gasteiger partial charge in [0.25, 0.3) is 0 Å². The van der Waals surface area contributed by atoms with E-state index in [1.807, 2.05) is 6.07 Å². The first kappa shape index (κ1) is 14.0. The minimum atomic E-state index is 0.839. The van der Waals surface area contributed by atoms with Crippen molar-refractivity contribution in [1.29, 1.82) is 0 Å². The van der Waals surface area contributed by atoms with E-state index in [4.69, 9.17) is 12.2 Å². The fourth-order valence-electron chi connectivity index (χ4n) is 2.53. The number of nitrogens with one attached hydrogen (secondary N) is 1. The molecule has 106 valence electrons. The fraction of sp³-hybridized carbons (Fsp3) is 0.222. The van der Waals surface area contributed by atoms with Gasteiger partial charge < -0.3 is 5.32 Å². The summed E-state index contributed by atoms with van der Waals surface area (Å²) in [5.74, 6) is 1.01. The molecule has 1 aliphatic rings. The van der Waals surface area contributed by atoms with E-state index in [0.717, 1.165) is 42.2 Å². The molecule has 0 aliphatic carbocycles. The van der Waals surface area contributed by atoms with Crippen LogP contribution in [0.5, 0.6) is 0 Å². The van der Waals surface area contributed by atoms with Gasteiger partial charge in [-0.05, 0) is 17.2 Å². The Hall–Kier alpha value is -2.00. The van der Waals surface area contributed by atoms with Crippen LogP contribution in [0.2, 0.25) is 0 Å². The van der Waals surface area contributed by atoms with Gasteiger partial charge in [0.15, 0.2) is 0 Å². The maximum Gasteiger partial charge on any atom is 0.128 e. The van der Waals surface area contributed by atoms with Crippen molar-refractivity contribution < 1.29 is 0 Å². The van der Waals surface area contributed by atoms with Crippen molar-refractivity contribution in [2.45, 2.75) is 12.8 Å². The zero-order chi connectivity index (χ0) is 14.5. The number of hydrogen-bond donors (Lipinski definition) is 1. The maximum atomic E-state index is 5.55. The third-order valence-electron chi connectivity index (χ3n) is 3.52. The maximum absolute atomic E-state index is 5.55. The van der Waals surface area contributed by atoms with Crippen LogP contribution in [-0.4, -0.2) is 23.8 Å². The Kier molecular flexibility index (Phi) is 4.41. The minimum absolute atomic E-state index is 0.839. The van der Waals surface area contributed by atoms with Crippen LogP contribution in [0.1, 0.15) is 16.7 Å². The second-order valence-corrected chi connectivity index (χ2v) is 5.81. The number of amidine groups is 1. The van der Waals surface area contributed by atoms with Crippen molar-refractivity contribution in [3.8, 4) is 0 Å². The molecule has 21 heavy (non-hydrogen) atoms. The Morgan fingerprint density at radius 3 is 2.52 bits per heavy atom. The van der Waals surface area contributed by atoms with E-state index in [9.17, 15) is 0 Å². The van der Waals surface area contributed by atoms with Crippen LogP contribution in [0, 0.1) is 0 Å². The highest BCUT2D eigenvalue weighted by Crippen LogP contribution is 2.11. The lowest BCUT2D eigenvalue weighted by atomic mass is 10.0. The largest absolute Gasteiger partial charge is 0.368 e. The molecule has 3 heteroatoms. The van der Waals surface area contributed by atoms with Crippen molar-refractivity contribution in [2.75, 3.05) is 13.1 Å². The highest BCUT2D eigenvalue weighted by Gasteiger charge is 2.09. The molecule has 0 amide bonds. The third-order valence-corrected chi connectivity index (χ3v) is 3.81. The second kappa shape index (κ2) is 6.64. The van der Waals surface area contributed by atoms with Gasteiger partial charge >= 0.3 is 0 Å². The molecule has 2 aromatic carbocycles. The summed E-state index contributed by atoms with van der Waals surface area (Å²) >= 11 is 5.55. The average molecular weight is 294 g/mol. The summed E-state index contributed by atoms with van der Waals surface area (Å²) in [6.45, 7) is 1.80. The molecule has 1 aliphatic heterocycles. The topological polar surface area (TPSA) is 24.4 Å². The number of aliphatic imine (C=N–C) groups is 1. The summed E-state index contributed by atoms with van der Waals surface area (Å²) in [7, 11) is 0. The molecule has 0 saturated heterocycles. The molecule has 0 aromatic heterocycles. The van der Waals surface area contributed by atoms with Crippen molar-refractivity contribution in [3.05, 3.63) is 71.3 Å². The van der Waals surface area contributed by atoms with Gasteiger partial charge in [0.05, 0.1) is 6.54 Å². The molecule has 2 aromatic rings. The average Bonchev–Trinajstić information content (AvgIpc) is 3.02. The Balaban J connectivity index is 1.67. The molecule has 2 nitrogen and oxygen atoms in total. The van der Waals surface area contributed by atoms with E-state index in [2.05, 4.69) is 58.8 Å². The van der Waals surface area contributed by atoms with Gasteiger partial charge in [-0.25, -0.2) is 0 Å². The number of rotatable bonds is 5. The van der Waals surface area contributed by atoms with Gasteiger partial charge in [0.1, 0.15) is 5.84 Å². The van der Waals surface area contributed by atoms with Crippen molar-refractivity contribution in [2.24, 2.45) is 4.99 Å². The van der Waals surface area contributed by atoms with Crippen LogP contribution in [-0.2, 0) is 12.8 Å². The van der Waals surface area contributed by atoms with Crippen molar-refractivity contribution in [1.82, 2.24) is 5.32 Å². The first-order valence-corrected chi connectivity index (χ1v) is 7.65. The van der Waals surface area contributed by atoms with Crippen molar-refractivity contribution in [3.63, 3.8) is 0 Å². The van der Waals surface area contributed by atoms with Gasteiger partial charge in [-0.1, -0.05) is 60.7 Å².